The lowest BCUT2D eigenvalue weighted by atomic mass is 10.1. The summed E-state index contributed by atoms with van der Waals surface area (Å²) in [5.74, 6) is 0.566. The fourth-order valence-electron chi connectivity index (χ4n) is 2.89. The van der Waals surface area contributed by atoms with Gasteiger partial charge in [-0.1, -0.05) is 18.2 Å². The minimum Gasteiger partial charge on any atom is -0.469 e. The van der Waals surface area contributed by atoms with Crippen LogP contribution in [-0.4, -0.2) is 17.4 Å². The molecule has 1 aromatic carbocycles. The maximum atomic E-state index is 12.1. The average molecular weight is 296 g/mol. The molecule has 0 saturated heterocycles. The normalized spacial score (nSPS) is 11.0. The van der Waals surface area contributed by atoms with Crippen LogP contribution in [0.3, 0.4) is 0 Å². The summed E-state index contributed by atoms with van der Waals surface area (Å²) in [6.45, 7) is 6.58. The summed E-state index contributed by atoms with van der Waals surface area (Å²) in [7, 11) is 0. The van der Waals surface area contributed by atoms with Crippen LogP contribution in [0.25, 0.3) is 10.9 Å². The maximum absolute atomic E-state index is 12.1. The number of fused-ring (bicyclic) bond motifs is 1. The molecule has 2 heterocycles. The molecule has 0 unspecified atom stereocenters. The summed E-state index contributed by atoms with van der Waals surface area (Å²) in [5, 5.41) is 4.20. The molecule has 114 valence electrons. The number of para-hydroxylation sites is 1. The van der Waals surface area contributed by atoms with Gasteiger partial charge in [0.15, 0.2) is 0 Å². The maximum Gasteiger partial charge on any atom is 0.254 e. The molecule has 3 rings (SSSR count). The van der Waals surface area contributed by atoms with E-state index in [2.05, 4.69) is 42.3 Å². The number of carbonyl (C=O) groups excluding carboxylic acids is 1. The lowest BCUT2D eigenvalue weighted by Gasteiger charge is -2.05. The van der Waals surface area contributed by atoms with Crippen molar-refractivity contribution in [2.75, 3.05) is 6.54 Å². The number of hydrogen-bond acceptors (Lipinski definition) is 2. The van der Waals surface area contributed by atoms with Gasteiger partial charge in [0, 0.05) is 23.1 Å². The van der Waals surface area contributed by atoms with Crippen molar-refractivity contribution in [1.29, 1.82) is 0 Å². The van der Waals surface area contributed by atoms with Crippen LogP contribution in [-0.2, 0) is 6.42 Å². The van der Waals surface area contributed by atoms with E-state index < -0.39 is 0 Å². The van der Waals surface area contributed by atoms with E-state index in [1.54, 1.807) is 13.0 Å². The van der Waals surface area contributed by atoms with Crippen LogP contribution in [0, 0.1) is 20.8 Å². The first-order chi connectivity index (χ1) is 10.6. The number of amides is 1. The molecular formula is C18H20N2O2. The van der Waals surface area contributed by atoms with E-state index in [-0.39, 0.29) is 5.91 Å². The fraction of sp³-hybridized carbons (Fsp3) is 0.278. The highest BCUT2D eigenvalue weighted by Gasteiger charge is 2.13. The van der Waals surface area contributed by atoms with Crippen molar-refractivity contribution in [2.45, 2.75) is 27.2 Å². The number of aromatic amines is 1. The number of benzene rings is 1. The number of carbonyl (C=O) groups is 1. The summed E-state index contributed by atoms with van der Waals surface area (Å²) in [6.07, 6.45) is 2.34. The van der Waals surface area contributed by atoms with Crippen molar-refractivity contribution in [1.82, 2.24) is 10.3 Å². The number of hydrogen-bond donors (Lipinski definition) is 2. The molecule has 22 heavy (non-hydrogen) atoms. The molecule has 0 aliphatic heterocycles. The van der Waals surface area contributed by atoms with Gasteiger partial charge in [0.25, 0.3) is 5.91 Å². The number of aromatic nitrogens is 1. The van der Waals surface area contributed by atoms with Crippen molar-refractivity contribution in [2.24, 2.45) is 0 Å². The summed E-state index contributed by atoms with van der Waals surface area (Å²) in [4.78, 5) is 15.5. The number of H-pyrrole nitrogens is 1. The molecule has 0 atom stereocenters. The minimum atomic E-state index is -0.0834. The fourth-order valence-corrected chi connectivity index (χ4v) is 2.89. The van der Waals surface area contributed by atoms with Crippen LogP contribution < -0.4 is 5.32 Å². The Bertz CT molecular complexity index is 827. The first-order valence-electron chi connectivity index (χ1n) is 7.47. The number of rotatable bonds is 4. The Hall–Kier alpha value is -2.49. The zero-order valence-corrected chi connectivity index (χ0v) is 13.1. The molecule has 0 radical (unpaired) electrons. The van der Waals surface area contributed by atoms with E-state index in [4.69, 9.17) is 4.42 Å². The van der Waals surface area contributed by atoms with Crippen molar-refractivity contribution in [3.63, 3.8) is 0 Å². The standard InChI is InChI=1S/C18H20N2O2/c1-11-5-4-6-16-14(12(2)20-17(11)16)7-9-19-18(21)15-8-10-22-13(15)3/h4-6,8,10,20H,7,9H2,1-3H3,(H,19,21). The van der Waals surface area contributed by atoms with Crippen molar-refractivity contribution < 1.29 is 9.21 Å². The number of nitrogens with one attached hydrogen (secondary N) is 2. The predicted octanol–water partition coefficient (Wildman–Crippen LogP) is 3.66. The molecule has 1 amide bonds. The van der Waals surface area contributed by atoms with Gasteiger partial charge >= 0.3 is 0 Å². The molecule has 0 aliphatic rings. The monoisotopic (exact) mass is 296 g/mol. The third-order valence-corrected chi connectivity index (χ3v) is 4.13. The number of aryl methyl sites for hydroxylation is 3. The van der Waals surface area contributed by atoms with Gasteiger partial charge in [0.05, 0.1) is 11.8 Å². The molecule has 2 N–H and O–H groups in total. The summed E-state index contributed by atoms with van der Waals surface area (Å²) in [6, 6.07) is 8.00. The molecule has 3 aromatic rings. The van der Waals surface area contributed by atoms with Gasteiger partial charge in [0.1, 0.15) is 5.76 Å². The summed E-state index contributed by atoms with van der Waals surface area (Å²) in [5.41, 5.74) is 5.46. The Morgan fingerprint density at radius 2 is 2.05 bits per heavy atom. The van der Waals surface area contributed by atoms with Gasteiger partial charge in [-0.2, -0.15) is 0 Å². The second kappa shape index (κ2) is 5.72. The van der Waals surface area contributed by atoms with E-state index in [9.17, 15) is 4.79 Å². The molecule has 0 fully saturated rings. The molecule has 0 saturated carbocycles. The van der Waals surface area contributed by atoms with Gasteiger partial charge in [-0.05, 0) is 44.4 Å². The molecule has 0 spiro atoms. The summed E-state index contributed by atoms with van der Waals surface area (Å²) < 4.78 is 5.16. The zero-order valence-electron chi connectivity index (χ0n) is 13.1. The van der Waals surface area contributed by atoms with E-state index >= 15 is 0 Å². The number of furan rings is 1. The molecule has 0 aliphatic carbocycles. The smallest absolute Gasteiger partial charge is 0.254 e. The van der Waals surface area contributed by atoms with Crippen LogP contribution in [0.2, 0.25) is 0 Å². The van der Waals surface area contributed by atoms with Gasteiger partial charge in [-0.15, -0.1) is 0 Å². The second-order valence-corrected chi connectivity index (χ2v) is 5.62. The molecule has 0 bridgehead atoms. The zero-order chi connectivity index (χ0) is 15.7. The first-order valence-corrected chi connectivity index (χ1v) is 7.47. The summed E-state index contributed by atoms with van der Waals surface area (Å²) >= 11 is 0. The highest BCUT2D eigenvalue weighted by atomic mass is 16.3. The molecule has 4 heteroatoms. The third-order valence-electron chi connectivity index (χ3n) is 4.13. The Morgan fingerprint density at radius 3 is 2.77 bits per heavy atom. The van der Waals surface area contributed by atoms with E-state index in [1.807, 2.05) is 0 Å². The van der Waals surface area contributed by atoms with Gasteiger partial charge < -0.3 is 14.7 Å². The van der Waals surface area contributed by atoms with Crippen LogP contribution in [0.15, 0.2) is 34.9 Å². The Kier molecular flexibility index (Phi) is 3.75. The quantitative estimate of drug-likeness (QED) is 0.772. The minimum absolute atomic E-state index is 0.0834. The van der Waals surface area contributed by atoms with E-state index in [0.29, 0.717) is 17.9 Å². The lowest BCUT2D eigenvalue weighted by molar-refractivity contribution is 0.0952. The molecule has 2 aromatic heterocycles. The van der Waals surface area contributed by atoms with Gasteiger partial charge in [0.2, 0.25) is 0 Å². The van der Waals surface area contributed by atoms with Gasteiger partial charge in [-0.25, -0.2) is 0 Å². The van der Waals surface area contributed by atoms with Crippen molar-refractivity contribution in [3.8, 4) is 0 Å². The van der Waals surface area contributed by atoms with Crippen LogP contribution >= 0.6 is 0 Å². The van der Waals surface area contributed by atoms with E-state index in [0.717, 1.165) is 12.1 Å². The molecule has 4 nitrogen and oxygen atoms in total. The SMILES string of the molecule is Cc1[nH]c2c(C)cccc2c1CCNC(=O)c1ccoc1C. The largest absolute Gasteiger partial charge is 0.469 e. The highest BCUT2D eigenvalue weighted by molar-refractivity contribution is 5.95. The Morgan fingerprint density at radius 1 is 1.23 bits per heavy atom. The van der Waals surface area contributed by atoms with E-state index in [1.165, 1.54) is 28.3 Å². The average Bonchev–Trinajstić information content (AvgIpc) is 3.04. The Labute approximate surface area is 129 Å². The van der Waals surface area contributed by atoms with Crippen LogP contribution in [0.4, 0.5) is 0 Å². The Balaban J connectivity index is 1.72. The topological polar surface area (TPSA) is 58.0 Å². The van der Waals surface area contributed by atoms with Crippen LogP contribution in [0.1, 0.15) is 32.9 Å². The second-order valence-electron chi connectivity index (χ2n) is 5.62. The van der Waals surface area contributed by atoms with Crippen molar-refractivity contribution in [3.05, 3.63) is 58.7 Å². The van der Waals surface area contributed by atoms with Gasteiger partial charge in [-0.3, -0.25) is 4.79 Å². The molecular weight excluding hydrogens is 276 g/mol. The van der Waals surface area contributed by atoms with Crippen molar-refractivity contribution >= 4 is 16.8 Å². The highest BCUT2D eigenvalue weighted by Crippen LogP contribution is 2.24. The van der Waals surface area contributed by atoms with Crippen LogP contribution in [0.5, 0.6) is 0 Å². The third kappa shape index (κ3) is 2.52. The lowest BCUT2D eigenvalue weighted by Crippen LogP contribution is -2.25. The first kappa shape index (κ1) is 14.4. The predicted molar refractivity (Wildman–Crippen MR) is 87.3 cm³/mol.